The first-order valence-electron chi connectivity index (χ1n) is 40.0. The molecule has 13 rings (SSSR count). The van der Waals surface area contributed by atoms with Crippen molar-refractivity contribution in [3.63, 3.8) is 0 Å². The SMILES string of the molecule is [2H]c1c([2H])c([2H])c(-c2c([2H])c([2H])c(N(c3c([2H])c([2H])c(-c4c([2H])c([2H])c([2H])c5c4oc4c([2H])c([2H])c([2H])c([2H])c45)c([2H])c3[2H])c3c([2H])c(-c4c([2H])c(-c5c([2H])c([2H])c([2H])c([2H])c5[2H])c([2H])c(-c5c([2H])c([2H])c([2H])c([2H])c5[2H])c4[2H])c([2H])c4oc5c6c([2H])c([2H])c([2H])c([2H])c6c([2H])c([2H])c5c34)c([2H])c2[2H])c([2H])c1[2H]. The highest BCUT2D eigenvalue weighted by molar-refractivity contribution is 6.20. The van der Waals surface area contributed by atoms with Gasteiger partial charge in [-0.3, -0.25) is 0 Å². The maximum Gasteiger partial charge on any atom is 0.143 e. The van der Waals surface area contributed by atoms with Crippen LogP contribution in [0.25, 0.3) is 110 Å². The summed E-state index contributed by atoms with van der Waals surface area (Å²) in [4.78, 5) is 0.220. The highest BCUT2D eigenvalue weighted by atomic mass is 16.3. The molecule has 0 saturated heterocycles. The molecule has 0 aliphatic carbocycles. The van der Waals surface area contributed by atoms with Gasteiger partial charge in [0.1, 0.15) is 22.3 Å². The molecule has 0 saturated carbocycles. The van der Waals surface area contributed by atoms with Crippen molar-refractivity contribution in [2.75, 3.05) is 4.90 Å². The van der Waals surface area contributed by atoms with Crippen molar-refractivity contribution in [1.82, 2.24) is 0 Å². The van der Waals surface area contributed by atoms with Gasteiger partial charge in [0.25, 0.3) is 0 Å². The number of para-hydroxylation sites is 2. The average molecular weight is 897 g/mol. The van der Waals surface area contributed by atoms with Gasteiger partial charge < -0.3 is 13.7 Å². The summed E-state index contributed by atoms with van der Waals surface area (Å²) in [6.07, 6.45) is 0. The van der Waals surface area contributed by atoms with Gasteiger partial charge in [0, 0.05) is 38.5 Å². The second-order valence-corrected chi connectivity index (χ2v) is 14.0. The van der Waals surface area contributed by atoms with Crippen molar-refractivity contribution in [3.05, 3.63) is 248 Å². The average Bonchev–Trinajstić information content (AvgIpc) is 1.40. The zero-order valence-corrected chi connectivity index (χ0v) is 33.3. The zero-order valence-electron chi connectivity index (χ0n) is 74.3. The Balaban J connectivity index is 1.33. The summed E-state index contributed by atoms with van der Waals surface area (Å²) >= 11 is 0. The maximum absolute atomic E-state index is 10.8. The molecule has 314 valence electrons. The Labute approximate surface area is 445 Å². The molecular weight excluding hydrogens is 815 g/mol. The van der Waals surface area contributed by atoms with Crippen LogP contribution >= 0.6 is 0 Å². The molecule has 0 aliphatic rings. The van der Waals surface area contributed by atoms with Gasteiger partial charge in [0.15, 0.2) is 0 Å². The van der Waals surface area contributed by atoms with Crippen LogP contribution in [0.2, 0.25) is 0 Å². The third-order valence-corrected chi connectivity index (χ3v) is 10.2. The summed E-state index contributed by atoms with van der Waals surface area (Å²) in [6.45, 7) is 0. The van der Waals surface area contributed by atoms with Gasteiger partial charge in [0.05, 0.1) is 67.3 Å². The molecule has 0 aliphatic heterocycles. The predicted octanol–water partition coefficient (Wildman–Crippen LogP) is 18.4. The summed E-state index contributed by atoms with van der Waals surface area (Å²) in [6, 6.07) is -48.0. The number of anilines is 3. The van der Waals surface area contributed by atoms with E-state index in [-0.39, 0.29) is 4.90 Å². The lowest BCUT2D eigenvalue weighted by Crippen LogP contribution is -2.10. The van der Waals surface area contributed by atoms with E-state index in [0.717, 1.165) is 0 Å². The number of rotatable bonds is 8. The standard InChI is InChI=1S/C64H41NO2/c1-4-15-42(16-5-1)45-27-32-52(33-28-45)65(53-34-29-47(30-35-53)55-24-14-25-57-56-23-12-13-26-60(56)66-63(55)57)59-40-51(41-61-62(59)58-36-31-46-21-10-11-22-54(46)64(58)67-61)50-38-48(43-17-6-2-7-18-43)37-49(39-50)44-19-8-3-9-20-44/h1-41H/i1D,2D,3D,4D,5D,6D,7D,8D,9D,10D,11D,12D,13D,14D,15D,16D,17D,18D,19D,20D,21D,22D,23D,24D,25D,26D,27D,28D,29D,30D,31D,32D,33D,34D,35D,36D,37D,38D,39D,40D,41D. The van der Waals surface area contributed by atoms with Gasteiger partial charge >= 0.3 is 0 Å². The molecule has 0 bridgehead atoms. The van der Waals surface area contributed by atoms with Crippen molar-refractivity contribution in [2.24, 2.45) is 0 Å². The van der Waals surface area contributed by atoms with E-state index in [2.05, 4.69) is 0 Å². The van der Waals surface area contributed by atoms with Crippen LogP contribution in [0.4, 0.5) is 17.1 Å². The van der Waals surface area contributed by atoms with Crippen molar-refractivity contribution in [2.45, 2.75) is 0 Å². The van der Waals surface area contributed by atoms with Gasteiger partial charge in [-0.25, -0.2) is 0 Å². The molecule has 3 heteroatoms. The molecule has 3 nitrogen and oxygen atoms in total. The van der Waals surface area contributed by atoms with Crippen LogP contribution in [0.3, 0.4) is 0 Å². The summed E-state index contributed by atoms with van der Waals surface area (Å²) in [7, 11) is 0. The number of hydrogen-bond acceptors (Lipinski definition) is 3. The maximum atomic E-state index is 10.8. The second kappa shape index (κ2) is 16.0. The largest absolute Gasteiger partial charge is 0.455 e. The second-order valence-electron chi connectivity index (χ2n) is 14.0. The van der Waals surface area contributed by atoms with E-state index >= 15 is 0 Å². The molecule has 0 unspecified atom stereocenters. The summed E-state index contributed by atoms with van der Waals surface area (Å²) in [5.41, 5.74) is -18.8. The monoisotopic (exact) mass is 897 g/mol. The molecule has 2 aromatic heterocycles. The molecule has 0 amide bonds. The lowest BCUT2D eigenvalue weighted by Gasteiger charge is -2.27. The third kappa shape index (κ3) is 6.76. The summed E-state index contributed by atoms with van der Waals surface area (Å²) in [5, 5.41) is -4.66. The Kier molecular flexibility index (Phi) is 3.65. The molecule has 2 heterocycles. The lowest BCUT2D eigenvalue weighted by molar-refractivity contribution is 0.670. The number of nitrogens with zero attached hydrogens (tertiary/aromatic N) is 1. The van der Waals surface area contributed by atoms with Crippen LogP contribution in [0.1, 0.15) is 56.2 Å². The minimum absolute atomic E-state index is 0.220. The van der Waals surface area contributed by atoms with Crippen LogP contribution in [0, 0.1) is 0 Å². The number of hydrogen-bond donors (Lipinski definition) is 0. The number of benzene rings is 11. The highest BCUT2D eigenvalue weighted by Gasteiger charge is 2.23. The fourth-order valence-electron chi connectivity index (χ4n) is 7.25. The summed E-state index contributed by atoms with van der Waals surface area (Å²) in [5.74, 6) is 0. The Morgan fingerprint density at radius 2 is 0.791 bits per heavy atom. The smallest absolute Gasteiger partial charge is 0.143 e. The van der Waals surface area contributed by atoms with E-state index in [9.17, 15) is 23.3 Å². The minimum atomic E-state index is -1.55. The lowest BCUT2D eigenvalue weighted by atomic mass is 9.92. The fourth-order valence-corrected chi connectivity index (χ4v) is 7.25. The van der Waals surface area contributed by atoms with Crippen molar-refractivity contribution < 1.29 is 65.0 Å². The molecule has 0 atom stereocenters. The first-order chi connectivity index (χ1) is 50.3. The minimum Gasteiger partial charge on any atom is -0.455 e. The van der Waals surface area contributed by atoms with Crippen molar-refractivity contribution in [3.8, 4) is 55.6 Å². The molecule has 0 radical (unpaired) electrons. The Morgan fingerprint density at radius 3 is 1.45 bits per heavy atom. The van der Waals surface area contributed by atoms with E-state index in [4.69, 9.17) is 41.7 Å². The first kappa shape index (κ1) is 15.3. The molecule has 0 spiro atoms. The van der Waals surface area contributed by atoms with Crippen LogP contribution < -0.4 is 4.90 Å². The van der Waals surface area contributed by atoms with Crippen LogP contribution in [0.5, 0.6) is 0 Å². The van der Waals surface area contributed by atoms with E-state index in [1.807, 2.05) is 0 Å². The summed E-state index contributed by atoms with van der Waals surface area (Å²) < 4.78 is 392. The first-order valence-corrected chi connectivity index (χ1v) is 19.5. The molecule has 11 aromatic carbocycles. The highest BCUT2D eigenvalue weighted by Crippen LogP contribution is 2.48. The van der Waals surface area contributed by atoms with Crippen molar-refractivity contribution >= 4 is 71.7 Å². The fraction of sp³-hybridized carbons (Fsp3) is 0. The Morgan fingerprint density at radius 1 is 0.299 bits per heavy atom. The van der Waals surface area contributed by atoms with E-state index in [1.165, 1.54) is 0 Å². The normalized spacial score (nSPS) is 20.1. The van der Waals surface area contributed by atoms with Gasteiger partial charge in [0.2, 0.25) is 0 Å². The quantitative estimate of drug-likeness (QED) is 0.152. The van der Waals surface area contributed by atoms with Gasteiger partial charge in [-0.05, 0) is 122 Å². The topological polar surface area (TPSA) is 29.5 Å². The Hall–Kier alpha value is -8.92. The zero-order chi connectivity index (χ0) is 79.9. The number of furan rings is 2. The van der Waals surface area contributed by atoms with E-state index < -0.39 is 375 Å². The molecular formula is C64H41NO2. The molecule has 13 aromatic rings. The van der Waals surface area contributed by atoms with Gasteiger partial charge in [-0.1, -0.05) is 181 Å². The van der Waals surface area contributed by atoms with Crippen molar-refractivity contribution in [1.29, 1.82) is 0 Å². The number of fused-ring (bicyclic) bond motifs is 8. The predicted molar refractivity (Wildman–Crippen MR) is 280 cm³/mol. The van der Waals surface area contributed by atoms with Crippen LogP contribution in [-0.2, 0) is 0 Å². The van der Waals surface area contributed by atoms with Crippen LogP contribution in [0.15, 0.2) is 257 Å². The molecule has 67 heavy (non-hydrogen) atoms. The third-order valence-electron chi connectivity index (χ3n) is 10.2. The van der Waals surface area contributed by atoms with E-state index in [0.29, 0.717) is 0 Å². The molecule has 0 N–H and O–H groups in total. The molecule has 0 fully saturated rings. The van der Waals surface area contributed by atoms with E-state index in [1.54, 1.807) is 0 Å². The Bertz CT molecular complexity index is 6210. The van der Waals surface area contributed by atoms with Gasteiger partial charge in [-0.15, -0.1) is 0 Å². The van der Waals surface area contributed by atoms with Gasteiger partial charge in [-0.2, -0.15) is 0 Å². The van der Waals surface area contributed by atoms with Crippen LogP contribution in [-0.4, -0.2) is 0 Å².